The number of hydrogen-bond acceptors (Lipinski definition) is 4. The third-order valence-electron chi connectivity index (χ3n) is 3.27. The molecule has 4 heteroatoms. The Morgan fingerprint density at radius 1 is 1.38 bits per heavy atom. The van der Waals surface area contributed by atoms with Crippen molar-refractivity contribution in [1.82, 2.24) is 10.2 Å². The number of thiophene rings is 1. The maximum Gasteiger partial charge on any atom is 0.0727 e. The molecule has 1 aromatic heterocycles. The highest BCUT2D eigenvalue weighted by molar-refractivity contribution is 7.12. The summed E-state index contributed by atoms with van der Waals surface area (Å²) in [5.74, 6) is 0. The largest absolute Gasteiger partial charge is 0.376 e. The molecule has 16 heavy (non-hydrogen) atoms. The van der Waals surface area contributed by atoms with Crippen LogP contribution in [0.2, 0.25) is 0 Å². The van der Waals surface area contributed by atoms with Gasteiger partial charge in [-0.25, -0.2) is 0 Å². The van der Waals surface area contributed by atoms with Crippen molar-refractivity contribution in [2.24, 2.45) is 0 Å². The third-order valence-corrected chi connectivity index (χ3v) is 4.49. The second-order valence-corrected chi connectivity index (χ2v) is 5.71. The van der Waals surface area contributed by atoms with E-state index in [9.17, 15) is 0 Å². The van der Waals surface area contributed by atoms with Crippen LogP contribution in [0.5, 0.6) is 0 Å². The fourth-order valence-electron chi connectivity index (χ4n) is 2.38. The highest BCUT2D eigenvalue weighted by Gasteiger charge is 2.16. The number of nitrogens with one attached hydrogen (secondary N) is 1. The van der Waals surface area contributed by atoms with Crippen molar-refractivity contribution >= 4 is 11.3 Å². The summed E-state index contributed by atoms with van der Waals surface area (Å²) in [4.78, 5) is 5.60. The first kappa shape index (κ1) is 10.7. The van der Waals surface area contributed by atoms with E-state index in [1.807, 2.05) is 11.3 Å². The van der Waals surface area contributed by atoms with Crippen molar-refractivity contribution < 1.29 is 4.74 Å². The van der Waals surface area contributed by atoms with E-state index < -0.39 is 0 Å². The van der Waals surface area contributed by atoms with Gasteiger partial charge in [0, 0.05) is 48.9 Å². The zero-order chi connectivity index (χ0) is 10.8. The first-order chi connectivity index (χ1) is 7.92. The van der Waals surface area contributed by atoms with Gasteiger partial charge in [-0.15, -0.1) is 11.3 Å². The second kappa shape index (κ2) is 4.84. The quantitative estimate of drug-likeness (QED) is 0.838. The van der Waals surface area contributed by atoms with Gasteiger partial charge in [-0.05, 0) is 11.6 Å². The predicted octanol–water partition coefficient (Wildman–Crippen LogP) is 1.23. The summed E-state index contributed by atoms with van der Waals surface area (Å²) in [5, 5.41) is 3.39. The van der Waals surface area contributed by atoms with E-state index in [1.165, 1.54) is 23.5 Å². The monoisotopic (exact) mass is 238 g/mol. The van der Waals surface area contributed by atoms with Crippen molar-refractivity contribution in [3.8, 4) is 0 Å². The number of piperazine rings is 1. The molecule has 0 amide bonds. The zero-order valence-corrected chi connectivity index (χ0v) is 10.3. The Morgan fingerprint density at radius 3 is 3.06 bits per heavy atom. The summed E-state index contributed by atoms with van der Waals surface area (Å²) in [6, 6.07) is 2.35. The second-order valence-electron chi connectivity index (χ2n) is 4.49. The van der Waals surface area contributed by atoms with Crippen LogP contribution in [0.4, 0.5) is 0 Å². The molecule has 1 aromatic rings. The number of fused-ring (bicyclic) bond motifs is 1. The third kappa shape index (κ3) is 2.30. The average molecular weight is 238 g/mol. The molecule has 0 radical (unpaired) electrons. The first-order valence-electron chi connectivity index (χ1n) is 6.03. The topological polar surface area (TPSA) is 24.5 Å². The van der Waals surface area contributed by atoms with E-state index >= 15 is 0 Å². The minimum atomic E-state index is 0.827. The average Bonchev–Trinajstić information content (AvgIpc) is 2.72. The molecule has 0 saturated carbocycles. The van der Waals surface area contributed by atoms with Gasteiger partial charge >= 0.3 is 0 Å². The van der Waals surface area contributed by atoms with E-state index in [0.29, 0.717) is 0 Å². The van der Waals surface area contributed by atoms with Gasteiger partial charge in [0.1, 0.15) is 0 Å². The SMILES string of the molecule is c1c(CN2CCNCC2)sc2c1COCC2. The first-order valence-corrected chi connectivity index (χ1v) is 6.85. The molecule has 88 valence electrons. The highest BCUT2D eigenvalue weighted by atomic mass is 32.1. The van der Waals surface area contributed by atoms with Crippen molar-refractivity contribution in [3.05, 3.63) is 21.4 Å². The van der Waals surface area contributed by atoms with Crippen molar-refractivity contribution in [1.29, 1.82) is 0 Å². The van der Waals surface area contributed by atoms with Gasteiger partial charge in [-0.3, -0.25) is 4.90 Å². The normalized spacial score (nSPS) is 22.0. The maximum atomic E-state index is 5.48. The Morgan fingerprint density at radius 2 is 2.25 bits per heavy atom. The van der Waals surface area contributed by atoms with Gasteiger partial charge in [-0.1, -0.05) is 0 Å². The lowest BCUT2D eigenvalue weighted by molar-refractivity contribution is 0.112. The van der Waals surface area contributed by atoms with Crippen molar-refractivity contribution in [2.45, 2.75) is 19.6 Å². The van der Waals surface area contributed by atoms with E-state index in [4.69, 9.17) is 4.74 Å². The molecule has 0 bridgehead atoms. The number of ether oxygens (including phenoxy) is 1. The smallest absolute Gasteiger partial charge is 0.0727 e. The molecular weight excluding hydrogens is 220 g/mol. The summed E-state index contributed by atoms with van der Waals surface area (Å²) in [6.45, 7) is 7.48. The van der Waals surface area contributed by atoms with Crippen LogP contribution in [-0.2, 0) is 24.3 Å². The highest BCUT2D eigenvalue weighted by Crippen LogP contribution is 2.27. The zero-order valence-electron chi connectivity index (χ0n) is 9.50. The molecular formula is C12H18N2OS. The van der Waals surface area contributed by atoms with Gasteiger partial charge < -0.3 is 10.1 Å². The van der Waals surface area contributed by atoms with Gasteiger partial charge in [0.15, 0.2) is 0 Å². The minimum absolute atomic E-state index is 0.827. The molecule has 0 unspecified atom stereocenters. The standard InChI is InChI=1S/C12H18N2OS/c1-6-15-9-10-7-11(16-12(1)10)8-14-4-2-13-3-5-14/h7,13H,1-6,8-9H2. The molecule has 0 aliphatic carbocycles. The Labute approximate surface area is 100 Å². The molecule has 1 fully saturated rings. The molecule has 2 aliphatic rings. The number of hydrogen-bond donors (Lipinski definition) is 1. The van der Waals surface area contributed by atoms with E-state index in [1.54, 1.807) is 4.88 Å². The summed E-state index contributed by atoms with van der Waals surface area (Å²) in [5.41, 5.74) is 1.43. The summed E-state index contributed by atoms with van der Waals surface area (Å²) in [7, 11) is 0. The minimum Gasteiger partial charge on any atom is -0.376 e. The Bertz CT molecular complexity index is 334. The van der Waals surface area contributed by atoms with Gasteiger partial charge in [0.25, 0.3) is 0 Å². The summed E-state index contributed by atoms with van der Waals surface area (Å²) in [6.07, 6.45) is 1.11. The van der Waals surface area contributed by atoms with Crippen LogP contribution in [-0.4, -0.2) is 37.7 Å². The van der Waals surface area contributed by atoms with Crippen molar-refractivity contribution in [3.63, 3.8) is 0 Å². The van der Waals surface area contributed by atoms with Gasteiger partial charge in [-0.2, -0.15) is 0 Å². The molecule has 0 spiro atoms. The van der Waals surface area contributed by atoms with Crippen LogP contribution in [0.1, 0.15) is 15.3 Å². The Kier molecular flexibility index (Phi) is 3.24. The molecule has 3 nitrogen and oxygen atoms in total. The number of rotatable bonds is 2. The maximum absolute atomic E-state index is 5.48. The van der Waals surface area contributed by atoms with Crippen LogP contribution in [0.15, 0.2) is 6.07 Å². The van der Waals surface area contributed by atoms with E-state index in [-0.39, 0.29) is 0 Å². The Hall–Kier alpha value is -0.420. The number of nitrogens with zero attached hydrogens (tertiary/aromatic N) is 1. The van der Waals surface area contributed by atoms with Crippen molar-refractivity contribution in [2.75, 3.05) is 32.8 Å². The predicted molar refractivity (Wildman–Crippen MR) is 65.8 cm³/mol. The molecule has 1 saturated heterocycles. The van der Waals surface area contributed by atoms with Gasteiger partial charge in [0.2, 0.25) is 0 Å². The van der Waals surface area contributed by atoms with Crippen LogP contribution in [0.3, 0.4) is 0 Å². The molecule has 3 rings (SSSR count). The fraction of sp³-hybridized carbons (Fsp3) is 0.667. The molecule has 2 aliphatic heterocycles. The van der Waals surface area contributed by atoms with Crippen LogP contribution >= 0.6 is 11.3 Å². The molecule has 0 atom stereocenters. The molecule has 1 N–H and O–H groups in total. The lowest BCUT2D eigenvalue weighted by atomic mass is 10.2. The van der Waals surface area contributed by atoms with Crippen LogP contribution < -0.4 is 5.32 Å². The van der Waals surface area contributed by atoms with Crippen LogP contribution in [0.25, 0.3) is 0 Å². The van der Waals surface area contributed by atoms with Crippen LogP contribution in [0, 0.1) is 0 Å². The van der Waals surface area contributed by atoms with E-state index in [0.717, 1.165) is 39.3 Å². The molecule has 0 aromatic carbocycles. The lowest BCUT2D eigenvalue weighted by Gasteiger charge is -2.26. The lowest BCUT2D eigenvalue weighted by Crippen LogP contribution is -2.42. The summed E-state index contributed by atoms with van der Waals surface area (Å²) < 4.78 is 5.48. The Balaban J connectivity index is 1.67. The molecule has 3 heterocycles. The van der Waals surface area contributed by atoms with Gasteiger partial charge in [0.05, 0.1) is 13.2 Å². The fourth-order valence-corrected chi connectivity index (χ4v) is 3.58. The van der Waals surface area contributed by atoms with E-state index in [2.05, 4.69) is 16.3 Å². The summed E-state index contributed by atoms with van der Waals surface area (Å²) >= 11 is 1.99.